The zero-order chi connectivity index (χ0) is 45.7. The zero-order valence-corrected chi connectivity index (χ0v) is 41.2. The minimum Gasteiger partial charge on any atom is -0.387 e. The first-order valence-corrected chi connectivity index (χ1v) is 26.1. The number of carbonyl (C=O) groups is 1. The molecule has 0 radical (unpaired) electrons. The van der Waals surface area contributed by atoms with E-state index in [1.165, 1.54) is 89.9 Å². The van der Waals surface area contributed by atoms with Crippen LogP contribution in [0.3, 0.4) is 0 Å². The third-order valence-electron chi connectivity index (χ3n) is 10.3. The molecule has 3 atom stereocenters. The highest BCUT2D eigenvalue weighted by atomic mass is 31.2. The maximum absolute atomic E-state index is 12.9. The lowest BCUT2D eigenvalue weighted by Crippen LogP contribution is -2.45. The van der Waals surface area contributed by atoms with Crippen molar-refractivity contribution in [2.24, 2.45) is 0 Å². The highest BCUT2D eigenvalue weighted by Gasteiger charge is 2.27. The van der Waals surface area contributed by atoms with Crippen molar-refractivity contribution in [1.82, 2.24) is 5.32 Å². The number of aliphatic hydroxyl groups is 1. The fourth-order valence-electron chi connectivity index (χ4n) is 6.40. The van der Waals surface area contributed by atoms with Crippen LogP contribution in [-0.4, -0.2) is 73.4 Å². The summed E-state index contributed by atoms with van der Waals surface area (Å²) in [6, 6.07) is -0.906. The molecule has 0 aromatic heterocycles. The van der Waals surface area contributed by atoms with Gasteiger partial charge in [0.25, 0.3) is 0 Å². The van der Waals surface area contributed by atoms with Crippen molar-refractivity contribution in [2.75, 3.05) is 40.9 Å². The normalized spacial score (nSPS) is 15.0. The molecule has 0 aromatic rings. The van der Waals surface area contributed by atoms with Crippen LogP contribution in [0.25, 0.3) is 0 Å². The molecule has 356 valence electrons. The molecule has 0 aliphatic carbocycles. The van der Waals surface area contributed by atoms with Crippen LogP contribution in [-0.2, 0) is 18.4 Å². The first-order valence-electron chi connectivity index (χ1n) is 24.6. The van der Waals surface area contributed by atoms with Crippen LogP contribution in [0.1, 0.15) is 181 Å². The fraction of sp³-hybridized carbons (Fsp3) is 0.679. The first-order chi connectivity index (χ1) is 30.0. The number of aliphatic hydroxyl groups excluding tert-OH is 1. The van der Waals surface area contributed by atoms with Crippen molar-refractivity contribution < 1.29 is 32.9 Å². The second-order valence-electron chi connectivity index (χ2n) is 17.4. The number of likely N-dealkylation sites (N-methyl/N-ethyl adjacent to an activating group) is 1. The van der Waals surface area contributed by atoms with Gasteiger partial charge in [-0.1, -0.05) is 188 Å². The molecular formula is C53H94N2O6P+. The molecule has 9 heteroatoms. The number of hydrogen-bond donors (Lipinski definition) is 3. The lowest BCUT2D eigenvalue weighted by Gasteiger charge is -2.25. The molecule has 3 unspecified atom stereocenters. The molecule has 0 heterocycles. The molecule has 3 N–H and O–H groups in total. The molecular weight excluding hydrogens is 792 g/mol. The average molecular weight is 886 g/mol. The number of carbonyl (C=O) groups excluding carboxylic acids is 1. The van der Waals surface area contributed by atoms with Crippen molar-refractivity contribution in [1.29, 1.82) is 0 Å². The van der Waals surface area contributed by atoms with Crippen molar-refractivity contribution in [3.63, 3.8) is 0 Å². The molecule has 0 saturated heterocycles. The lowest BCUT2D eigenvalue weighted by atomic mass is 10.0. The average Bonchev–Trinajstić information content (AvgIpc) is 3.23. The van der Waals surface area contributed by atoms with Crippen LogP contribution in [0.5, 0.6) is 0 Å². The Balaban J connectivity index is 4.52. The quantitative estimate of drug-likeness (QED) is 0.0244. The summed E-state index contributed by atoms with van der Waals surface area (Å²) in [7, 11) is 1.49. The summed E-state index contributed by atoms with van der Waals surface area (Å²) in [5, 5.41) is 13.8. The monoisotopic (exact) mass is 886 g/mol. The number of hydrogen-bond acceptors (Lipinski definition) is 5. The maximum Gasteiger partial charge on any atom is 0.472 e. The Labute approximate surface area is 381 Å². The topological polar surface area (TPSA) is 105 Å². The number of phosphoric ester groups is 1. The van der Waals surface area contributed by atoms with Gasteiger partial charge in [0.15, 0.2) is 0 Å². The van der Waals surface area contributed by atoms with Crippen LogP contribution >= 0.6 is 7.82 Å². The largest absolute Gasteiger partial charge is 0.472 e. The van der Waals surface area contributed by atoms with Gasteiger partial charge in [-0.05, 0) is 83.5 Å². The number of allylic oxidation sites excluding steroid dienone is 15. The van der Waals surface area contributed by atoms with Gasteiger partial charge in [-0.2, -0.15) is 0 Å². The summed E-state index contributed by atoms with van der Waals surface area (Å²) in [5.74, 6) is -0.251. The summed E-state index contributed by atoms with van der Waals surface area (Å²) in [5.41, 5.74) is 0. The van der Waals surface area contributed by atoms with Crippen LogP contribution in [0.15, 0.2) is 97.2 Å². The van der Waals surface area contributed by atoms with E-state index in [0.29, 0.717) is 17.4 Å². The van der Waals surface area contributed by atoms with E-state index in [1.807, 2.05) is 27.2 Å². The summed E-state index contributed by atoms with van der Waals surface area (Å²) < 4.78 is 23.5. The van der Waals surface area contributed by atoms with Crippen molar-refractivity contribution in [3.05, 3.63) is 97.2 Å². The molecule has 0 spiro atoms. The van der Waals surface area contributed by atoms with Crippen LogP contribution in [0.2, 0.25) is 0 Å². The van der Waals surface area contributed by atoms with E-state index in [4.69, 9.17) is 9.05 Å². The Morgan fingerprint density at radius 3 is 1.48 bits per heavy atom. The smallest absolute Gasteiger partial charge is 0.387 e. The summed E-state index contributed by atoms with van der Waals surface area (Å²) in [6.07, 6.45) is 62.2. The van der Waals surface area contributed by atoms with Gasteiger partial charge in [0.05, 0.1) is 39.9 Å². The Morgan fingerprint density at radius 1 is 0.565 bits per heavy atom. The van der Waals surface area contributed by atoms with Crippen molar-refractivity contribution in [2.45, 2.75) is 193 Å². The van der Waals surface area contributed by atoms with Gasteiger partial charge < -0.3 is 19.8 Å². The van der Waals surface area contributed by atoms with E-state index in [1.54, 1.807) is 6.08 Å². The van der Waals surface area contributed by atoms with Gasteiger partial charge in [0, 0.05) is 6.42 Å². The molecule has 62 heavy (non-hydrogen) atoms. The van der Waals surface area contributed by atoms with Crippen LogP contribution < -0.4 is 5.32 Å². The highest BCUT2D eigenvalue weighted by Crippen LogP contribution is 2.43. The predicted octanol–water partition coefficient (Wildman–Crippen LogP) is 14.3. The van der Waals surface area contributed by atoms with Crippen molar-refractivity contribution in [3.8, 4) is 0 Å². The Morgan fingerprint density at radius 2 is 0.984 bits per heavy atom. The number of nitrogens with one attached hydrogen (secondary N) is 1. The number of amides is 1. The van der Waals surface area contributed by atoms with Crippen LogP contribution in [0, 0.1) is 0 Å². The SMILES string of the molecule is CC/C=C\C/C=C\C/C=C\C/C=C\C/C=C\CCCC(=O)NC(COP(=O)(O)OCC[N+](C)(C)C)C(O)/C=C/CC/C=C/CC/C=C/CCCCCCCCCCCCCCC. The number of nitrogens with zero attached hydrogens (tertiary/aromatic N) is 1. The minimum atomic E-state index is -4.38. The van der Waals surface area contributed by atoms with Gasteiger partial charge in [-0.3, -0.25) is 13.8 Å². The second kappa shape index (κ2) is 43.7. The Bertz CT molecular complexity index is 1330. The number of quaternary nitrogens is 1. The summed E-state index contributed by atoms with van der Waals surface area (Å²) >= 11 is 0. The van der Waals surface area contributed by atoms with E-state index in [9.17, 15) is 19.4 Å². The first kappa shape index (κ1) is 59.4. The Kier molecular flexibility index (Phi) is 41.8. The highest BCUT2D eigenvalue weighted by molar-refractivity contribution is 7.47. The van der Waals surface area contributed by atoms with Gasteiger partial charge in [0.2, 0.25) is 5.91 Å². The van der Waals surface area contributed by atoms with Gasteiger partial charge in [-0.25, -0.2) is 4.57 Å². The fourth-order valence-corrected chi connectivity index (χ4v) is 7.14. The van der Waals surface area contributed by atoms with E-state index in [0.717, 1.165) is 64.2 Å². The zero-order valence-electron chi connectivity index (χ0n) is 40.3. The molecule has 8 nitrogen and oxygen atoms in total. The van der Waals surface area contributed by atoms with Gasteiger partial charge in [-0.15, -0.1) is 0 Å². The predicted molar refractivity (Wildman–Crippen MR) is 267 cm³/mol. The molecule has 1 amide bonds. The standard InChI is InChI=1S/C53H93N2O6P/c1-6-8-10-12-14-16-18-20-22-24-25-26-27-28-29-31-32-34-36-38-40-42-44-46-52(56)51(50-61-62(58,59)60-49-48-55(3,4)5)54-53(57)47-45-43-41-39-37-35-33-30-23-21-19-17-15-13-11-9-7-2/h9,11,15,17,21,23,29,31,33,35-36,38-39,41,44,46,51-52,56H,6-8,10,12-14,16,18-20,22,24-28,30,32,34,37,40,42-43,45,47-50H2,1-5H3,(H-,54,57,58,59)/p+1/b11-9-,17-15-,23-21-,31-29+,35-33-,38-36+,41-39-,46-44+. The maximum atomic E-state index is 12.9. The third-order valence-corrected chi connectivity index (χ3v) is 11.2. The molecule has 0 rings (SSSR count). The second-order valence-corrected chi connectivity index (χ2v) is 18.9. The number of rotatable bonds is 43. The number of phosphoric acid groups is 1. The van der Waals surface area contributed by atoms with Crippen LogP contribution in [0.4, 0.5) is 0 Å². The van der Waals surface area contributed by atoms with E-state index >= 15 is 0 Å². The number of unbranched alkanes of at least 4 members (excludes halogenated alkanes) is 16. The van der Waals surface area contributed by atoms with Gasteiger partial charge >= 0.3 is 7.82 Å². The molecule has 0 saturated carbocycles. The van der Waals surface area contributed by atoms with E-state index < -0.39 is 20.0 Å². The minimum absolute atomic E-state index is 0.0376. The van der Waals surface area contributed by atoms with E-state index in [2.05, 4.69) is 104 Å². The van der Waals surface area contributed by atoms with E-state index in [-0.39, 0.29) is 25.5 Å². The summed E-state index contributed by atoms with van der Waals surface area (Å²) in [4.78, 5) is 23.1. The molecule has 0 fully saturated rings. The lowest BCUT2D eigenvalue weighted by molar-refractivity contribution is -0.870. The molecule has 0 aromatic carbocycles. The third kappa shape index (κ3) is 45.4. The molecule has 0 bridgehead atoms. The Hall–Kier alpha value is -2.58. The summed E-state index contributed by atoms with van der Waals surface area (Å²) in [6.45, 7) is 4.61. The van der Waals surface area contributed by atoms with Gasteiger partial charge in [0.1, 0.15) is 13.2 Å². The molecule has 0 aliphatic rings. The molecule has 0 aliphatic heterocycles. The van der Waals surface area contributed by atoms with Crippen molar-refractivity contribution >= 4 is 13.7 Å².